The standard InChI is InChI=1S/C12H10FNO2S/c1-6-9(7-4-2-3-5-8(7)13)10(14)11(17-6)12(15)16/h2-5H,14H2,1H3,(H,15,16). The van der Waals surface area contributed by atoms with E-state index in [0.29, 0.717) is 16.0 Å². The van der Waals surface area contributed by atoms with Crippen LogP contribution in [0.3, 0.4) is 0 Å². The molecule has 17 heavy (non-hydrogen) atoms. The molecule has 5 heteroatoms. The second-order valence-electron chi connectivity index (χ2n) is 3.56. The maximum absolute atomic E-state index is 13.6. The first kappa shape index (κ1) is 11.6. The summed E-state index contributed by atoms with van der Waals surface area (Å²) >= 11 is 1.06. The third kappa shape index (κ3) is 1.89. The molecule has 88 valence electrons. The Morgan fingerprint density at radius 3 is 2.59 bits per heavy atom. The number of carbonyl (C=O) groups is 1. The van der Waals surface area contributed by atoms with E-state index in [-0.39, 0.29) is 10.6 Å². The van der Waals surface area contributed by atoms with Gasteiger partial charge in [-0.3, -0.25) is 0 Å². The number of rotatable bonds is 2. The zero-order valence-electron chi connectivity index (χ0n) is 9.03. The summed E-state index contributed by atoms with van der Waals surface area (Å²) in [7, 11) is 0. The molecule has 3 nitrogen and oxygen atoms in total. The van der Waals surface area contributed by atoms with E-state index in [2.05, 4.69) is 0 Å². The summed E-state index contributed by atoms with van der Waals surface area (Å²) in [6.45, 7) is 1.73. The van der Waals surface area contributed by atoms with Crippen LogP contribution in [-0.2, 0) is 0 Å². The van der Waals surface area contributed by atoms with Gasteiger partial charge in [0.15, 0.2) is 0 Å². The number of hydrogen-bond donors (Lipinski definition) is 2. The van der Waals surface area contributed by atoms with Crippen molar-refractivity contribution in [2.75, 3.05) is 5.73 Å². The van der Waals surface area contributed by atoms with Crippen molar-refractivity contribution in [1.29, 1.82) is 0 Å². The van der Waals surface area contributed by atoms with E-state index in [1.807, 2.05) is 0 Å². The highest BCUT2D eigenvalue weighted by molar-refractivity contribution is 7.15. The third-order valence-electron chi connectivity index (χ3n) is 2.46. The molecule has 2 rings (SSSR count). The Bertz CT molecular complexity index is 592. The summed E-state index contributed by atoms with van der Waals surface area (Å²) in [6, 6.07) is 6.18. The minimum atomic E-state index is -1.09. The zero-order chi connectivity index (χ0) is 12.6. The predicted octanol–water partition coefficient (Wildman–Crippen LogP) is 3.14. The summed E-state index contributed by atoms with van der Waals surface area (Å²) in [5.41, 5.74) is 6.72. The Morgan fingerprint density at radius 2 is 2.06 bits per heavy atom. The number of nitrogens with two attached hydrogens (primary N) is 1. The molecule has 3 N–H and O–H groups in total. The Morgan fingerprint density at radius 1 is 1.41 bits per heavy atom. The van der Waals surface area contributed by atoms with E-state index in [4.69, 9.17) is 10.8 Å². The van der Waals surface area contributed by atoms with Crippen molar-refractivity contribution in [2.45, 2.75) is 6.92 Å². The molecule has 0 radical (unpaired) electrons. The fraction of sp³-hybridized carbons (Fsp3) is 0.0833. The van der Waals surface area contributed by atoms with Crippen LogP contribution in [-0.4, -0.2) is 11.1 Å². The molecule has 0 aliphatic rings. The van der Waals surface area contributed by atoms with Gasteiger partial charge in [-0.1, -0.05) is 18.2 Å². The van der Waals surface area contributed by atoms with Gasteiger partial charge in [0.05, 0.1) is 5.69 Å². The van der Waals surface area contributed by atoms with Gasteiger partial charge in [-0.15, -0.1) is 11.3 Å². The van der Waals surface area contributed by atoms with Crippen molar-refractivity contribution in [2.24, 2.45) is 0 Å². The van der Waals surface area contributed by atoms with Crippen LogP contribution in [0.1, 0.15) is 14.5 Å². The van der Waals surface area contributed by atoms with Crippen LogP contribution in [0.5, 0.6) is 0 Å². The predicted molar refractivity (Wildman–Crippen MR) is 65.8 cm³/mol. The molecular weight excluding hydrogens is 241 g/mol. The minimum absolute atomic E-state index is 0.0563. The number of anilines is 1. The van der Waals surface area contributed by atoms with Crippen molar-refractivity contribution in [3.63, 3.8) is 0 Å². The number of aryl methyl sites for hydroxylation is 1. The fourth-order valence-corrected chi connectivity index (χ4v) is 2.65. The Hall–Kier alpha value is -1.88. The van der Waals surface area contributed by atoms with E-state index < -0.39 is 11.8 Å². The van der Waals surface area contributed by atoms with Gasteiger partial charge >= 0.3 is 5.97 Å². The molecule has 0 atom stereocenters. The number of halogens is 1. The van der Waals surface area contributed by atoms with Crippen molar-refractivity contribution >= 4 is 23.0 Å². The lowest BCUT2D eigenvalue weighted by Gasteiger charge is -2.04. The quantitative estimate of drug-likeness (QED) is 0.861. The Kier molecular flexibility index (Phi) is 2.85. The van der Waals surface area contributed by atoms with Gasteiger partial charge in [-0.25, -0.2) is 9.18 Å². The highest BCUT2D eigenvalue weighted by Gasteiger charge is 2.20. The van der Waals surface area contributed by atoms with E-state index in [0.717, 1.165) is 11.3 Å². The molecule has 0 spiro atoms. The first-order valence-electron chi connectivity index (χ1n) is 4.89. The van der Waals surface area contributed by atoms with Crippen LogP contribution in [0.2, 0.25) is 0 Å². The Balaban J connectivity index is 2.69. The molecule has 1 aromatic carbocycles. The van der Waals surface area contributed by atoms with Crippen molar-refractivity contribution in [1.82, 2.24) is 0 Å². The normalized spacial score (nSPS) is 10.5. The SMILES string of the molecule is Cc1sc(C(=O)O)c(N)c1-c1ccccc1F. The number of benzene rings is 1. The molecule has 1 heterocycles. The molecule has 0 amide bonds. The van der Waals surface area contributed by atoms with Crippen molar-refractivity contribution in [3.05, 3.63) is 39.8 Å². The molecule has 0 saturated heterocycles. The number of thiophene rings is 1. The van der Waals surface area contributed by atoms with Crippen LogP contribution in [0.25, 0.3) is 11.1 Å². The van der Waals surface area contributed by atoms with Crippen LogP contribution in [0.4, 0.5) is 10.1 Å². The summed E-state index contributed by atoms with van der Waals surface area (Å²) in [5.74, 6) is -1.49. The smallest absolute Gasteiger partial charge is 0.348 e. The zero-order valence-corrected chi connectivity index (χ0v) is 9.84. The fourth-order valence-electron chi connectivity index (χ4n) is 1.72. The number of nitrogen functional groups attached to an aromatic ring is 1. The van der Waals surface area contributed by atoms with Crippen molar-refractivity contribution in [3.8, 4) is 11.1 Å². The molecule has 2 aromatic rings. The first-order chi connectivity index (χ1) is 8.02. The van der Waals surface area contributed by atoms with E-state index in [1.54, 1.807) is 25.1 Å². The van der Waals surface area contributed by atoms with Crippen LogP contribution in [0.15, 0.2) is 24.3 Å². The highest BCUT2D eigenvalue weighted by atomic mass is 32.1. The maximum Gasteiger partial charge on any atom is 0.348 e. The second kappa shape index (κ2) is 4.18. The van der Waals surface area contributed by atoms with Gasteiger partial charge < -0.3 is 10.8 Å². The van der Waals surface area contributed by atoms with E-state index in [1.165, 1.54) is 6.07 Å². The number of hydrogen-bond acceptors (Lipinski definition) is 3. The van der Waals surface area contributed by atoms with Gasteiger partial charge in [-0.05, 0) is 13.0 Å². The molecule has 0 aliphatic carbocycles. The average Bonchev–Trinajstić information content (AvgIpc) is 2.56. The van der Waals surface area contributed by atoms with E-state index >= 15 is 0 Å². The second-order valence-corrected chi connectivity index (χ2v) is 4.79. The van der Waals surface area contributed by atoms with Gasteiger partial charge in [0.2, 0.25) is 0 Å². The molecule has 0 saturated carbocycles. The van der Waals surface area contributed by atoms with Crippen molar-refractivity contribution < 1.29 is 14.3 Å². The van der Waals surface area contributed by atoms with E-state index in [9.17, 15) is 9.18 Å². The monoisotopic (exact) mass is 251 g/mol. The highest BCUT2D eigenvalue weighted by Crippen LogP contribution is 2.39. The Labute approximate surface area is 101 Å². The maximum atomic E-state index is 13.6. The molecule has 0 fully saturated rings. The summed E-state index contributed by atoms with van der Waals surface area (Å²) < 4.78 is 13.6. The number of carboxylic acid groups (broad SMARTS) is 1. The van der Waals surface area contributed by atoms with Gasteiger partial charge in [0.25, 0.3) is 0 Å². The van der Waals surface area contributed by atoms with Crippen LogP contribution in [0, 0.1) is 12.7 Å². The molecule has 1 aromatic heterocycles. The largest absolute Gasteiger partial charge is 0.477 e. The molecular formula is C12H10FNO2S. The number of aromatic carboxylic acids is 1. The minimum Gasteiger partial charge on any atom is -0.477 e. The topological polar surface area (TPSA) is 63.3 Å². The third-order valence-corrected chi connectivity index (χ3v) is 3.57. The lowest BCUT2D eigenvalue weighted by Crippen LogP contribution is -1.98. The van der Waals surface area contributed by atoms with Crippen LogP contribution >= 0.6 is 11.3 Å². The summed E-state index contributed by atoms with van der Waals surface area (Å²) in [4.78, 5) is 11.7. The lowest BCUT2D eigenvalue weighted by molar-refractivity contribution is 0.0703. The molecule has 0 unspecified atom stereocenters. The summed E-state index contributed by atoms with van der Waals surface area (Å²) in [6.07, 6.45) is 0. The molecule has 0 aliphatic heterocycles. The van der Waals surface area contributed by atoms with Gasteiger partial charge in [0, 0.05) is 16.0 Å². The molecule has 0 bridgehead atoms. The van der Waals surface area contributed by atoms with Gasteiger partial charge in [-0.2, -0.15) is 0 Å². The number of carboxylic acids is 1. The summed E-state index contributed by atoms with van der Waals surface area (Å²) in [5, 5.41) is 8.96. The first-order valence-corrected chi connectivity index (χ1v) is 5.71. The van der Waals surface area contributed by atoms with Crippen LogP contribution < -0.4 is 5.73 Å². The van der Waals surface area contributed by atoms with Gasteiger partial charge in [0.1, 0.15) is 10.7 Å². The average molecular weight is 251 g/mol. The lowest BCUT2D eigenvalue weighted by atomic mass is 10.0.